The van der Waals surface area contributed by atoms with Crippen LogP contribution in [0.4, 0.5) is 0 Å². The van der Waals surface area contributed by atoms with Gasteiger partial charge in [0.15, 0.2) is 0 Å². The summed E-state index contributed by atoms with van der Waals surface area (Å²) in [4.78, 5) is 12.9. The second kappa shape index (κ2) is 9.82. The highest BCUT2D eigenvalue weighted by atomic mass is 32.2. The van der Waals surface area contributed by atoms with Gasteiger partial charge in [0.25, 0.3) is 0 Å². The molecule has 1 aromatic rings. The molecule has 118 valence electrons. The number of hydrogen-bond acceptors (Lipinski definition) is 4. The van der Waals surface area contributed by atoms with E-state index < -0.39 is 0 Å². The van der Waals surface area contributed by atoms with Crippen LogP contribution in [-0.2, 0) is 9.53 Å². The summed E-state index contributed by atoms with van der Waals surface area (Å²) in [6.07, 6.45) is 0. The number of carbonyl (C=O) groups is 1. The van der Waals surface area contributed by atoms with Crippen LogP contribution in [0, 0.1) is 0 Å². The van der Waals surface area contributed by atoms with Crippen molar-refractivity contribution in [1.29, 1.82) is 0 Å². The van der Waals surface area contributed by atoms with Crippen LogP contribution < -0.4 is 10.6 Å². The van der Waals surface area contributed by atoms with Crippen molar-refractivity contribution in [2.75, 3.05) is 26.0 Å². The normalized spacial score (nSPS) is 13.7. The van der Waals surface area contributed by atoms with E-state index in [4.69, 9.17) is 4.74 Å². The first-order valence-electron chi connectivity index (χ1n) is 7.31. The Morgan fingerprint density at radius 2 is 2.14 bits per heavy atom. The van der Waals surface area contributed by atoms with Crippen LogP contribution in [0.3, 0.4) is 0 Å². The largest absolute Gasteiger partial charge is 0.383 e. The summed E-state index contributed by atoms with van der Waals surface area (Å²) < 4.78 is 5.00. The van der Waals surface area contributed by atoms with Gasteiger partial charge in [-0.15, -0.1) is 11.8 Å². The zero-order chi connectivity index (χ0) is 15.7. The third-order valence-corrected chi connectivity index (χ3v) is 4.06. The van der Waals surface area contributed by atoms with Crippen molar-refractivity contribution >= 4 is 17.7 Å². The van der Waals surface area contributed by atoms with Crippen LogP contribution in [0.2, 0.25) is 0 Å². The summed E-state index contributed by atoms with van der Waals surface area (Å²) >= 11 is 1.56. The third kappa shape index (κ3) is 6.98. The molecule has 0 saturated carbocycles. The molecule has 0 aliphatic rings. The summed E-state index contributed by atoms with van der Waals surface area (Å²) in [6.45, 7) is 7.66. The first kappa shape index (κ1) is 18.0. The predicted octanol–water partition coefficient (Wildman–Crippen LogP) is 2.60. The minimum Gasteiger partial charge on any atom is -0.383 e. The predicted molar refractivity (Wildman–Crippen MR) is 88.7 cm³/mol. The standard InChI is InChI=1S/C16H26N2O2S/c1-5-17-13(3)14-7-6-8-15(9-14)21-11-16(19)18-12(2)10-20-4/h6-9,12-13,17H,5,10-11H2,1-4H3,(H,18,19). The summed E-state index contributed by atoms with van der Waals surface area (Å²) in [5.74, 6) is 0.460. The maximum absolute atomic E-state index is 11.8. The van der Waals surface area contributed by atoms with Gasteiger partial charge in [-0.2, -0.15) is 0 Å². The molecule has 21 heavy (non-hydrogen) atoms. The minimum atomic E-state index is 0.0367. The van der Waals surface area contributed by atoms with E-state index in [0.29, 0.717) is 18.4 Å². The average Bonchev–Trinajstić information content (AvgIpc) is 2.46. The van der Waals surface area contributed by atoms with E-state index in [1.54, 1.807) is 18.9 Å². The summed E-state index contributed by atoms with van der Waals surface area (Å²) in [5, 5.41) is 6.30. The molecule has 5 heteroatoms. The Hall–Kier alpha value is -1.04. The molecule has 2 unspecified atom stereocenters. The van der Waals surface area contributed by atoms with E-state index in [1.165, 1.54) is 5.56 Å². The van der Waals surface area contributed by atoms with Crippen molar-refractivity contribution in [1.82, 2.24) is 10.6 Å². The fourth-order valence-electron chi connectivity index (χ4n) is 2.05. The molecular weight excluding hydrogens is 284 g/mol. The molecule has 0 aliphatic heterocycles. The highest BCUT2D eigenvalue weighted by Gasteiger charge is 2.09. The molecule has 0 saturated heterocycles. The van der Waals surface area contributed by atoms with Crippen LogP contribution >= 0.6 is 11.8 Å². The van der Waals surface area contributed by atoms with E-state index in [9.17, 15) is 4.79 Å². The van der Waals surface area contributed by atoms with Gasteiger partial charge in [0.05, 0.1) is 12.4 Å². The fraction of sp³-hybridized carbons (Fsp3) is 0.562. The maximum atomic E-state index is 11.8. The van der Waals surface area contributed by atoms with Gasteiger partial charge in [0.2, 0.25) is 5.91 Å². The Balaban J connectivity index is 2.48. The lowest BCUT2D eigenvalue weighted by Crippen LogP contribution is -2.36. The number of thioether (sulfide) groups is 1. The Morgan fingerprint density at radius 1 is 1.38 bits per heavy atom. The maximum Gasteiger partial charge on any atom is 0.230 e. The summed E-state index contributed by atoms with van der Waals surface area (Å²) in [5.41, 5.74) is 1.25. The van der Waals surface area contributed by atoms with Gasteiger partial charge >= 0.3 is 0 Å². The highest BCUT2D eigenvalue weighted by Crippen LogP contribution is 2.22. The molecule has 4 nitrogen and oxygen atoms in total. The van der Waals surface area contributed by atoms with Crippen LogP contribution in [0.25, 0.3) is 0 Å². The van der Waals surface area contributed by atoms with Gasteiger partial charge < -0.3 is 15.4 Å². The second-order valence-corrected chi connectivity index (χ2v) is 6.11. The van der Waals surface area contributed by atoms with E-state index in [0.717, 1.165) is 11.4 Å². The van der Waals surface area contributed by atoms with Gasteiger partial charge in [-0.3, -0.25) is 4.79 Å². The van der Waals surface area contributed by atoms with E-state index >= 15 is 0 Å². The lowest BCUT2D eigenvalue weighted by Gasteiger charge is -2.14. The highest BCUT2D eigenvalue weighted by molar-refractivity contribution is 8.00. The second-order valence-electron chi connectivity index (χ2n) is 5.06. The molecule has 2 N–H and O–H groups in total. The molecule has 1 aromatic carbocycles. The minimum absolute atomic E-state index is 0.0367. The monoisotopic (exact) mass is 310 g/mol. The molecular formula is C16H26N2O2S. The van der Waals surface area contributed by atoms with Crippen LogP contribution in [0.1, 0.15) is 32.4 Å². The van der Waals surface area contributed by atoms with Crippen molar-refractivity contribution in [3.63, 3.8) is 0 Å². The number of ether oxygens (including phenoxy) is 1. The number of methoxy groups -OCH3 is 1. The van der Waals surface area contributed by atoms with E-state index in [1.807, 2.05) is 19.1 Å². The lowest BCUT2D eigenvalue weighted by molar-refractivity contribution is -0.119. The van der Waals surface area contributed by atoms with Crippen LogP contribution in [-0.4, -0.2) is 38.0 Å². The smallest absolute Gasteiger partial charge is 0.230 e. The van der Waals surface area contributed by atoms with Gasteiger partial charge in [-0.05, 0) is 38.1 Å². The molecule has 1 rings (SSSR count). The number of benzene rings is 1. The van der Waals surface area contributed by atoms with Gasteiger partial charge in [0, 0.05) is 24.1 Å². The molecule has 0 radical (unpaired) electrons. The van der Waals surface area contributed by atoms with Crippen molar-refractivity contribution in [2.24, 2.45) is 0 Å². The number of hydrogen-bond donors (Lipinski definition) is 2. The van der Waals surface area contributed by atoms with Crippen molar-refractivity contribution in [3.8, 4) is 0 Å². The van der Waals surface area contributed by atoms with Gasteiger partial charge in [-0.1, -0.05) is 19.1 Å². The molecule has 0 aromatic heterocycles. The zero-order valence-corrected chi connectivity index (χ0v) is 14.1. The van der Waals surface area contributed by atoms with Crippen LogP contribution in [0.5, 0.6) is 0 Å². The molecule has 0 fully saturated rings. The number of nitrogens with one attached hydrogen (secondary N) is 2. The Bertz CT molecular complexity index is 440. The van der Waals surface area contributed by atoms with Crippen molar-refractivity contribution in [3.05, 3.63) is 29.8 Å². The van der Waals surface area contributed by atoms with E-state index in [2.05, 4.69) is 36.6 Å². The quantitative estimate of drug-likeness (QED) is 0.688. The Morgan fingerprint density at radius 3 is 2.81 bits per heavy atom. The number of carbonyl (C=O) groups excluding carboxylic acids is 1. The van der Waals surface area contributed by atoms with Gasteiger partial charge in [0.1, 0.15) is 0 Å². The SMILES string of the molecule is CCNC(C)c1cccc(SCC(=O)NC(C)COC)c1. The van der Waals surface area contributed by atoms with E-state index in [-0.39, 0.29) is 11.9 Å². The molecule has 0 bridgehead atoms. The van der Waals surface area contributed by atoms with Gasteiger partial charge in [-0.25, -0.2) is 0 Å². The first-order valence-corrected chi connectivity index (χ1v) is 8.29. The first-order chi connectivity index (χ1) is 10.1. The van der Waals surface area contributed by atoms with Crippen molar-refractivity contribution in [2.45, 2.75) is 37.8 Å². The molecule has 2 atom stereocenters. The zero-order valence-electron chi connectivity index (χ0n) is 13.3. The Kier molecular flexibility index (Phi) is 8.42. The lowest BCUT2D eigenvalue weighted by atomic mass is 10.1. The molecule has 0 aliphatic carbocycles. The van der Waals surface area contributed by atoms with Crippen molar-refractivity contribution < 1.29 is 9.53 Å². The number of rotatable bonds is 9. The Labute approximate surface area is 132 Å². The summed E-state index contributed by atoms with van der Waals surface area (Å²) in [7, 11) is 1.63. The molecule has 0 heterocycles. The molecule has 1 amide bonds. The molecule has 0 spiro atoms. The fourth-order valence-corrected chi connectivity index (χ4v) is 2.83. The van der Waals surface area contributed by atoms with Crippen LogP contribution in [0.15, 0.2) is 29.2 Å². The third-order valence-electron chi connectivity index (χ3n) is 3.06. The topological polar surface area (TPSA) is 50.4 Å². The average molecular weight is 310 g/mol. The number of amides is 1. The summed E-state index contributed by atoms with van der Waals surface area (Å²) in [6, 6.07) is 8.70.